The molecule has 0 unspecified atom stereocenters. The third-order valence-corrected chi connectivity index (χ3v) is 5.18. The molecule has 5 nitrogen and oxygen atoms in total. The van der Waals surface area contributed by atoms with Crippen LogP contribution in [0.5, 0.6) is 0 Å². The normalized spacial score (nSPS) is 17.7. The van der Waals surface area contributed by atoms with Gasteiger partial charge in [-0.05, 0) is 18.9 Å². The van der Waals surface area contributed by atoms with Crippen molar-refractivity contribution in [3.63, 3.8) is 0 Å². The van der Waals surface area contributed by atoms with E-state index in [1.807, 2.05) is 37.3 Å². The van der Waals surface area contributed by atoms with Crippen LogP contribution >= 0.6 is 11.3 Å². The van der Waals surface area contributed by atoms with Crippen LogP contribution in [0.3, 0.4) is 0 Å². The predicted octanol–water partition coefficient (Wildman–Crippen LogP) is 2.19. The van der Waals surface area contributed by atoms with E-state index in [1.165, 1.54) is 0 Å². The fourth-order valence-electron chi connectivity index (χ4n) is 3.06. The summed E-state index contributed by atoms with van der Waals surface area (Å²) in [5, 5.41) is 3.15. The Kier molecular flexibility index (Phi) is 4.93. The van der Waals surface area contributed by atoms with Crippen LogP contribution in [0.2, 0.25) is 0 Å². The first kappa shape index (κ1) is 16.0. The van der Waals surface area contributed by atoms with Gasteiger partial charge in [0.2, 0.25) is 5.91 Å². The van der Waals surface area contributed by atoms with Gasteiger partial charge in [0.1, 0.15) is 6.04 Å². The van der Waals surface area contributed by atoms with Gasteiger partial charge < -0.3 is 10.6 Å². The van der Waals surface area contributed by atoms with Gasteiger partial charge in [-0.25, -0.2) is 4.98 Å². The van der Waals surface area contributed by atoms with Crippen LogP contribution in [-0.4, -0.2) is 42.0 Å². The van der Waals surface area contributed by atoms with Crippen LogP contribution in [0.1, 0.15) is 23.7 Å². The summed E-state index contributed by atoms with van der Waals surface area (Å²) < 4.78 is 0. The van der Waals surface area contributed by atoms with E-state index >= 15 is 0 Å². The van der Waals surface area contributed by atoms with Crippen molar-refractivity contribution in [2.75, 3.05) is 31.1 Å². The van der Waals surface area contributed by atoms with E-state index in [0.717, 1.165) is 49.0 Å². The Hall–Kier alpha value is -1.92. The number of thiazole rings is 1. The Bertz CT molecular complexity index is 658. The minimum atomic E-state index is -0.353. The van der Waals surface area contributed by atoms with Crippen molar-refractivity contribution in [3.05, 3.63) is 47.0 Å². The average molecular weight is 330 g/mol. The van der Waals surface area contributed by atoms with Gasteiger partial charge in [0.15, 0.2) is 5.13 Å². The standard InChI is InChI=1S/C17H22N4OS/c1-13-12-23-17(19-13)21-9-5-8-20(10-11-21)15(16(18)22)14-6-3-2-4-7-14/h2-4,6-7,12,15H,5,8-11H2,1H3,(H2,18,22)/t15-/m0/s1. The lowest BCUT2D eigenvalue weighted by Crippen LogP contribution is -2.40. The molecule has 1 aromatic carbocycles. The van der Waals surface area contributed by atoms with E-state index < -0.39 is 0 Å². The molecular weight excluding hydrogens is 308 g/mol. The smallest absolute Gasteiger partial charge is 0.239 e. The number of rotatable bonds is 4. The van der Waals surface area contributed by atoms with E-state index in [0.29, 0.717) is 0 Å². The molecule has 0 aliphatic carbocycles. The van der Waals surface area contributed by atoms with E-state index in [4.69, 9.17) is 5.73 Å². The first-order valence-corrected chi connectivity index (χ1v) is 8.78. The van der Waals surface area contributed by atoms with Crippen molar-refractivity contribution in [1.82, 2.24) is 9.88 Å². The monoisotopic (exact) mass is 330 g/mol. The first-order valence-electron chi connectivity index (χ1n) is 7.90. The van der Waals surface area contributed by atoms with E-state index in [-0.39, 0.29) is 11.9 Å². The second kappa shape index (κ2) is 7.10. The maximum Gasteiger partial charge on any atom is 0.239 e. The van der Waals surface area contributed by atoms with Crippen LogP contribution in [-0.2, 0) is 4.79 Å². The highest BCUT2D eigenvalue weighted by atomic mass is 32.1. The summed E-state index contributed by atoms with van der Waals surface area (Å²) in [5.41, 5.74) is 7.73. The molecule has 1 aromatic heterocycles. The number of nitrogens with zero attached hydrogens (tertiary/aromatic N) is 3. The second-order valence-electron chi connectivity index (χ2n) is 5.86. The molecule has 23 heavy (non-hydrogen) atoms. The van der Waals surface area contributed by atoms with Crippen molar-refractivity contribution in [2.45, 2.75) is 19.4 Å². The molecule has 2 N–H and O–H groups in total. The molecule has 6 heteroatoms. The number of primary amides is 1. The quantitative estimate of drug-likeness (QED) is 0.933. The summed E-state index contributed by atoms with van der Waals surface area (Å²) in [6, 6.07) is 9.46. The predicted molar refractivity (Wildman–Crippen MR) is 93.6 cm³/mol. The largest absolute Gasteiger partial charge is 0.368 e. The van der Waals surface area contributed by atoms with Crippen molar-refractivity contribution < 1.29 is 4.79 Å². The Labute approximate surface area is 140 Å². The SMILES string of the molecule is Cc1csc(N2CCCN([C@H](C(N)=O)c3ccccc3)CC2)n1. The molecule has 1 amide bonds. The van der Waals surface area contributed by atoms with Crippen molar-refractivity contribution in [3.8, 4) is 0 Å². The molecule has 1 aliphatic rings. The molecular formula is C17H22N4OS. The van der Waals surface area contributed by atoms with Gasteiger partial charge in [0.25, 0.3) is 0 Å². The topological polar surface area (TPSA) is 62.5 Å². The average Bonchev–Trinajstić information content (AvgIpc) is 2.83. The van der Waals surface area contributed by atoms with Gasteiger partial charge in [-0.15, -0.1) is 11.3 Å². The third-order valence-electron chi connectivity index (χ3n) is 4.16. The number of hydrogen-bond acceptors (Lipinski definition) is 5. The van der Waals surface area contributed by atoms with Gasteiger partial charge >= 0.3 is 0 Å². The lowest BCUT2D eigenvalue weighted by Gasteiger charge is -2.28. The zero-order valence-corrected chi connectivity index (χ0v) is 14.1. The number of carbonyl (C=O) groups is 1. The van der Waals surface area contributed by atoms with Gasteiger partial charge in [-0.3, -0.25) is 9.69 Å². The zero-order chi connectivity index (χ0) is 16.2. The molecule has 2 aromatic rings. The number of benzene rings is 1. The van der Waals surface area contributed by atoms with Crippen molar-refractivity contribution in [1.29, 1.82) is 0 Å². The van der Waals surface area contributed by atoms with E-state index in [9.17, 15) is 4.79 Å². The fourth-order valence-corrected chi connectivity index (χ4v) is 3.92. The van der Waals surface area contributed by atoms with E-state index in [1.54, 1.807) is 11.3 Å². The summed E-state index contributed by atoms with van der Waals surface area (Å²) >= 11 is 1.68. The number of carbonyl (C=O) groups excluding carboxylic acids is 1. The van der Waals surface area contributed by atoms with Gasteiger partial charge in [0.05, 0.1) is 5.69 Å². The lowest BCUT2D eigenvalue weighted by molar-refractivity contribution is -0.123. The highest BCUT2D eigenvalue weighted by molar-refractivity contribution is 7.13. The molecule has 0 spiro atoms. The minimum Gasteiger partial charge on any atom is -0.368 e. The summed E-state index contributed by atoms with van der Waals surface area (Å²) in [5.74, 6) is -0.283. The zero-order valence-electron chi connectivity index (χ0n) is 13.3. The first-order chi connectivity index (χ1) is 11.1. The minimum absolute atomic E-state index is 0.283. The van der Waals surface area contributed by atoms with E-state index in [2.05, 4.69) is 20.2 Å². The summed E-state index contributed by atoms with van der Waals surface area (Å²) in [7, 11) is 0. The molecule has 1 atom stereocenters. The lowest BCUT2D eigenvalue weighted by atomic mass is 10.0. The van der Waals surface area contributed by atoms with Gasteiger partial charge in [-0.1, -0.05) is 30.3 Å². The fraction of sp³-hybridized carbons (Fsp3) is 0.412. The summed E-state index contributed by atoms with van der Waals surface area (Å²) in [4.78, 5) is 21.1. The Morgan fingerprint density at radius 2 is 2.00 bits per heavy atom. The van der Waals surface area contributed by atoms with Gasteiger partial charge in [-0.2, -0.15) is 0 Å². The van der Waals surface area contributed by atoms with Crippen molar-refractivity contribution >= 4 is 22.4 Å². The van der Waals surface area contributed by atoms with Gasteiger partial charge in [0, 0.05) is 31.6 Å². The maximum absolute atomic E-state index is 12.0. The molecule has 1 fully saturated rings. The van der Waals surface area contributed by atoms with Crippen LogP contribution in [0.4, 0.5) is 5.13 Å². The number of amides is 1. The summed E-state index contributed by atoms with van der Waals surface area (Å²) in [6.45, 7) is 5.51. The number of hydrogen-bond donors (Lipinski definition) is 1. The maximum atomic E-state index is 12.0. The highest BCUT2D eigenvalue weighted by Gasteiger charge is 2.28. The Morgan fingerprint density at radius 3 is 2.65 bits per heavy atom. The number of anilines is 1. The van der Waals surface area contributed by atoms with Crippen LogP contribution in [0.25, 0.3) is 0 Å². The van der Waals surface area contributed by atoms with Crippen molar-refractivity contribution in [2.24, 2.45) is 5.73 Å². The summed E-state index contributed by atoms with van der Waals surface area (Å²) in [6.07, 6.45) is 0.995. The second-order valence-corrected chi connectivity index (χ2v) is 6.70. The Balaban J connectivity index is 1.74. The Morgan fingerprint density at radius 1 is 1.22 bits per heavy atom. The number of nitrogens with two attached hydrogens (primary N) is 1. The van der Waals surface area contributed by atoms with Crippen LogP contribution in [0.15, 0.2) is 35.7 Å². The highest BCUT2D eigenvalue weighted by Crippen LogP contribution is 2.25. The molecule has 0 radical (unpaired) electrons. The molecule has 0 bridgehead atoms. The number of aromatic nitrogens is 1. The van der Waals surface area contributed by atoms with Crippen LogP contribution in [0, 0.1) is 6.92 Å². The molecule has 122 valence electrons. The third kappa shape index (κ3) is 3.71. The molecule has 1 aliphatic heterocycles. The molecule has 1 saturated heterocycles. The van der Waals surface area contributed by atoms with Crippen LogP contribution < -0.4 is 10.6 Å². The molecule has 2 heterocycles. The number of aryl methyl sites for hydroxylation is 1. The molecule has 0 saturated carbocycles. The molecule has 3 rings (SSSR count).